The van der Waals surface area contributed by atoms with Crippen molar-refractivity contribution in [2.45, 2.75) is 13.0 Å². The van der Waals surface area contributed by atoms with E-state index in [0.717, 1.165) is 0 Å². The number of carbonyl (C=O) groups is 2. The van der Waals surface area contributed by atoms with Gasteiger partial charge < -0.3 is 10.1 Å². The average molecular weight is 308 g/mol. The Morgan fingerprint density at radius 3 is 2.76 bits per heavy atom. The van der Waals surface area contributed by atoms with E-state index in [1.165, 1.54) is 13.3 Å². The smallest absolute Gasteiger partial charge is 0.328 e. The van der Waals surface area contributed by atoms with Crippen molar-refractivity contribution in [2.75, 3.05) is 7.11 Å². The Hall–Kier alpha value is -2.34. The van der Waals surface area contributed by atoms with Crippen LogP contribution in [0.2, 0.25) is 5.02 Å². The molecule has 1 amide bonds. The van der Waals surface area contributed by atoms with Gasteiger partial charge in [-0.05, 0) is 13.0 Å². The van der Waals surface area contributed by atoms with E-state index in [-0.39, 0.29) is 0 Å². The molecule has 6 nitrogen and oxygen atoms in total. The molecule has 0 bridgehead atoms. The molecule has 0 radical (unpaired) electrons. The second kappa shape index (κ2) is 6.41. The molecule has 0 aliphatic heterocycles. The van der Waals surface area contributed by atoms with Crippen LogP contribution in [0, 0.1) is 0 Å². The summed E-state index contributed by atoms with van der Waals surface area (Å²) in [4.78, 5) is 23.6. The van der Waals surface area contributed by atoms with Crippen molar-refractivity contribution in [1.82, 2.24) is 15.5 Å². The van der Waals surface area contributed by atoms with Gasteiger partial charge in [0.05, 0.1) is 24.6 Å². The molecule has 1 aromatic heterocycles. The van der Waals surface area contributed by atoms with Gasteiger partial charge in [0.25, 0.3) is 5.91 Å². The highest BCUT2D eigenvalue weighted by Crippen LogP contribution is 2.28. The highest BCUT2D eigenvalue weighted by molar-refractivity contribution is 6.33. The summed E-state index contributed by atoms with van der Waals surface area (Å²) in [5.74, 6) is -0.956. The van der Waals surface area contributed by atoms with Crippen LogP contribution in [0.25, 0.3) is 11.3 Å². The summed E-state index contributed by atoms with van der Waals surface area (Å²) in [5.41, 5.74) is 1.46. The molecule has 2 rings (SSSR count). The maximum atomic E-state index is 12.2. The molecule has 110 valence electrons. The SMILES string of the molecule is COC(=O)[C@H](C)NC(=O)c1cn[nH]c1-c1ccccc1Cl. The lowest BCUT2D eigenvalue weighted by atomic mass is 10.1. The fraction of sp³-hybridized carbons (Fsp3) is 0.214. The second-order valence-corrected chi connectivity index (χ2v) is 4.76. The largest absolute Gasteiger partial charge is 0.467 e. The van der Waals surface area contributed by atoms with Crippen LogP contribution >= 0.6 is 11.6 Å². The number of aromatic nitrogens is 2. The van der Waals surface area contributed by atoms with Gasteiger partial charge in [-0.25, -0.2) is 4.79 Å². The summed E-state index contributed by atoms with van der Waals surface area (Å²) in [6.07, 6.45) is 1.39. The molecule has 21 heavy (non-hydrogen) atoms. The third kappa shape index (κ3) is 3.22. The molecular weight excluding hydrogens is 294 g/mol. The summed E-state index contributed by atoms with van der Waals surface area (Å²) >= 11 is 6.12. The molecular formula is C14H14ClN3O3. The quantitative estimate of drug-likeness (QED) is 0.846. The van der Waals surface area contributed by atoms with E-state index in [1.54, 1.807) is 31.2 Å². The Balaban J connectivity index is 2.27. The zero-order valence-corrected chi connectivity index (χ0v) is 12.3. The number of esters is 1. The third-order valence-corrected chi connectivity index (χ3v) is 3.26. The van der Waals surface area contributed by atoms with Crippen molar-refractivity contribution in [2.24, 2.45) is 0 Å². The van der Waals surface area contributed by atoms with Crippen LogP contribution < -0.4 is 5.32 Å². The summed E-state index contributed by atoms with van der Waals surface area (Å²) in [6.45, 7) is 1.54. The average Bonchev–Trinajstić information content (AvgIpc) is 2.96. The molecule has 1 aromatic carbocycles. The Kier molecular flexibility index (Phi) is 4.59. The predicted molar refractivity (Wildman–Crippen MR) is 78.0 cm³/mol. The Labute approximate surface area is 126 Å². The summed E-state index contributed by atoms with van der Waals surface area (Å²) in [7, 11) is 1.26. The first-order chi connectivity index (χ1) is 10.0. The number of nitrogens with zero attached hydrogens (tertiary/aromatic N) is 1. The highest BCUT2D eigenvalue weighted by Gasteiger charge is 2.21. The number of ether oxygens (including phenoxy) is 1. The van der Waals surface area contributed by atoms with Gasteiger partial charge in [-0.15, -0.1) is 0 Å². The molecule has 0 unspecified atom stereocenters. The summed E-state index contributed by atoms with van der Waals surface area (Å²) in [6, 6.07) is 6.34. The van der Waals surface area contributed by atoms with E-state index in [1.807, 2.05) is 0 Å². The fourth-order valence-electron chi connectivity index (χ4n) is 1.84. The summed E-state index contributed by atoms with van der Waals surface area (Å²) in [5, 5.41) is 9.66. The first kappa shape index (κ1) is 15.1. The number of methoxy groups -OCH3 is 1. The maximum Gasteiger partial charge on any atom is 0.328 e. The van der Waals surface area contributed by atoms with E-state index in [4.69, 9.17) is 11.6 Å². The minimum atomic E-state index is -0.753. The molecule has 2 aromatic rings. The fourth-order valence-corrected chi connectivity index (χ4v) is 2.07. The van der Waals surface area contributed by atoms with Crippen molar-refractivity contribution in [1.29, 1.82) is 0 Å². The van der Waals surface area contributed by atoms with Crippen LogP contribution in [0.5, 0.6) is 0 Å². The molecule has 1 atom stereocenters. The van der Waals surface area contributed by atoms with Crippen LogP contribution in [-0.4, -0.2) is 35.2 Å². The number of aromatic amines is 1. The first-order valence-corrected chi connectivity index (χ1v) is 6.59. The zero-order chi connectivity index (χ0) is 15.4. The van der Waals surface area contributed by atoms with Crippen LogP contribution in [-0.2, 0) is 9.53 Å². The van der Waals surface area contributed by atoms with Gasteiger partial charge in [-0.1, -0.05) is 29.8 Å². The van der Waals surface area contributed by atoms with Gasteiger partial charge in [0.1, 0.15) is 6.04 Å². The van der Waals surface area contributed by atoms with E-state index < -0.39 is 17.9 Å². The van der Waals surface area contributed by atoms with Crippen molar-refractivity contribution >= 4 is 23.5 Å². The van der Waals surface area contributed by atoms with Gasteiger partial charge in [0, 0.05) is 10.6 Å². The van der Waals surface area contributed by atoms with Crippen molar-refractivity contribution in [3.05, 3.63) is 41.0 Å². The Morgan fingerprint density at radius 1 is 1.38 bits per heavy atom. The van der Waals surface area contributed by atoms with Gasteiger partial charge in [-0.2, -0.15) is 5.10 Å². The molecule has 2 N–H and O–H groups in total. The number of amides is 1. The Morgan fingerprint density at radius 2 is 2.10 bits per heavy atom. The van der Waals surface area contributed by atoms with Crippen molar-refractivity contribution in [3.63, 3.8) is 0 Å². The summed E-state index contributed by atoms with van der Waals surface area (Å²) < 4.78 is 4.57. The van der Waals surface area contributed by atoms with Crippen LogP contribution in [0.15, 0.2) is 30.5 Å². The molecule has 1 heterocycles. The molecule has 7 heteroatoms. The van der Waals surface area contributed by atoms with E-state index >= 15 is 0 Å². The third-order valence-electron chi connectivity index (χ3n) is 2.93. The number of rotatable bonds is 4. The van der Waals surface area contributed by atoms with Crippen molar-refractivity contribution in [3.8, 4) is 11.3 Å². The number of halogens is 1. The van der Waals surface area contributed by atoms with Gasteiger partial charge >= 0.3 is 5.97 Å². The van der Waals surface area contributed by atoms with Crippen LogP contribution in [0.4, 0.5) is 0 Å². The lowest BCUT2D eigenvalue weighted by Crippen LogP contribution is -2.39. The number of benzene rings is 1. The predicted octanol–water partition coefficient (Wildman–Crippen LogP) is 2.02. The lowest BCUT2D eigenvalue weighted by Gasteiger charge is -2.11. The van der Waals surface area contributed by atoms with Crippen LogP contribution in [0.1, 0.15) is 17.3 Å². The number of carbonyl (C=O) groups excluding carboxylic acids is 2. The molecule has 0 spiro atoms. The lowest BCUT2D eigenvalue weighted by molar-refractivity contribution is -0.142. The molecule has 0 aliphatic carbocycles. The Bertz CT molecular complexity index is 669. The minimum absolute atomic E-state index is 0.304. The molecule has 0 saturated heterocycles. The second-order valence-electron chi connectivity index (χ2n) is 4.36. The van der Waals surface area contributed by atoms with Gasteiger partial charge in [0.15, 0.2) is 0 Å². The number of nitrogens with one attached hydrogen (secondary N) is 2. The van der Waals surface area contributed by atoms with E-state index in [9.17, 15) is 9.59 Å². The van der Waals surface area contributed by atoms with Crippen molar-refractivity contribution < 1.29 is 14.3 Å². The van der Waals surface area contributed by atoms with E-state index in [0.29, 0.717) is 21.8 Å². The van der Waals surface area contributed by atoms with Gasteiger partial charge in [0.2, 0.25) is 0 Å². The highest BCUT2D eigenvalue weighted by atomic mass is 35.5. The first-order valence-electron chi connectivity index (χ1n) is 6.21. The minimum Gasteiger partial charge on any atom is -0.467 e. The number of hydrogen-bond acceptors (Lipinski definition) is 4. The standard InChI is InChI=1S/C14H14ClN3O3/c1-8(14(20)21-2)17-13(19)10-7-16-18-12(10)9-5-3-4-6-11(9)15/h3-8H,1-2H3,(H,16,18)(H,17,19)/t8-/m0/s1. The normalized spacial score (nSPS) is 11.8. The molecule has 0 saturated carbocycles. The number of H-pyrrole nitrogens is 1. The molecule has 0 aliphatic rings. The number of hydrogen-bond donors (Lipinski definition) is 2. The molecule has 0 fully saturated rings. The monoisotopic (exact) mass is 307 g/mol. The van der Waals surface area contributed by atoms with Crippen LogP contribution in [0.3, 0.4) is 0 Å². The maximum absolute atomic E-state index is 12.2. The topological polar surface area (TPSA) is 84.1 Å². The van der Waals surface area contributed by atoms with Gasteiger partial charge in [-0.3, -0.25) is 9.89 Å². The van der Waals surface area contributed by atoms with E-state index in [2.05, 4.69) is 20.3 Å². The zero-order valence-electron chi connectivity index (χ0n) is 11.5.